The molecule has 0 bridgehead atoms. The second-order valence-corrected chi connectivity index (χ2v) is 5.00. The Morgan fingerprint density at radius 3 is 2.59 bits per heavy atom. The normalized spacial score (nSPS) is 10.1. The quantitative estimate of drug-likeness (QED) is 0.237. The van der Waals surface area contributed by atoms with E-state index in [1.54, 1.807) is 0 Å². The van der Waals surface area contributed by atoms with E-state index in [0.717, 1.165) is 11.0 Å². The van der Waals surface area contributed by atoms with Crippen LogP contribution in [0.3, 0.4) is 0 Å². The van der Waals surface area contributed by atoms with Crippen LogP contribution in [0.25, 0.3) is 27.3 Å². The SMILES string of the molecule is Cc1ccc(C)c2c1c1ccc[c-]c1c1nccn12.[CH3-].[Ir].[Y]. The van der Waals surface area contributed by atoms with Crippen molar-refractivity contribution in [2.45, 2.75) is 13.8 Å². The summed E-state index contributed by atoms with van der Waals surface area (Å²) in [6.45, 7) is 4.32. The maximum absolute atomic E-state index is 4.50. The molecule has 4 rings (SSSR count). The maximum atomic E-state index is 4.50. The molecule has 0 saturated heterocycles. The predicted octanol–water partition coefficient (Wildman–Crippen LogP) is 4.50. The van der Waals surface area contributed by atoms with Gasteiger partial charge in [0.1, 0.15) is 0 Å². The summed E-state index contributed by atoms with van der Waals surface area (Å²) >= 11 is 0. The summed E-state index contributed by atoms with van der Waals surface area (Å²) in [5.74, 6) is 0. The molecule has 2 aromatic carbocycles. The largest absolute Gasteiger partial charge is 0.358 e. The standard InChI is InChI=1S/C17H13N2.CH3.Ir.Y/c1-11-7-8-12(2)16-15(11)13-5-3-4-6-14(13)17-18-9-10-19(16)17;;;/h3-5,7-10H,1-2H3;1H3;;/q2*-1;;. The Hall–Kier alpha value is -0.597. The molecule has 0 unspecified atom stereocenters. The molecule has 4 heteroatoms. The van der Waals surface area contributed by atoms with Gasteiger partial charge < -0.3 is 11.8 Å². The third-order valence-corrected chi connectivity index (χ3v) is 3.82. The van der Waals surface area contributed by atoms with Gasteiger partial charge in [0.15, 0.2) is 0 Å². The monoisotopic (exact) mass is 542 g/mol. The van der Waals surface area contributed by atoms with Gasteiger partial charge in [-0.15, -0.1) is 29.7 Å². The first-order valence-electron chi connectivity index (χ1n) is 6.43. The summed E-state index contributed by atoms with van der Waals surface area (Å²) in [4.78, 5) is 4.50. The van der Waals surface area contributed by atoms with E-state index in [1.165, 1.54) is 27.4 Å². The number of imidazole rings is 1. The maximum Gasteiger partial charge on any atom is 0.0608 e. The van der Waals surface area contributed by atoms with Crippen molar-refractivity contribution in [3.63, 3.8) is 0 Å². The number of hydrogen-bond donors (Lipinski definition) is 0. The summed E-state index contributed by atoms with van der Waals surface area (Å²) < 4.78 is 2.18. The molecule has 22 heavy (non-hydrogen) atoms. The van der Waals surface area contributed by atoms with Gasteiger partial charge in [0.25, 0.3) is 0 Å². The average molecular weight is 541 g/mol. The van der Waals surface area contributed by atoms with Crippen LogP contribution in [-0.2, 0) is 52.8 Å². The Bertz CT molecular complexity index is 944. The minimum atomic E-state index is 0. The summed E-state index contributed by atoms with van der Waals surface area (Å²) in [6.07, 6.45) is 3.89. The molecule has 112 valence electrons. The van der Waals surface area contributed by atoms with Crippen LogP contribution < -0.4 is 0 Å². The molecule has 0 atom stereocenters. The van der Waals surface area contributed by atoms with E-state index >= 15 is 0 Å². The Kier molecular flexibility index (Phi) is 6.47. The predicted molar refractivity (Wildman–Crippen MR) is 84.9 cm³/mol. The smallest absolute Gasteiger partial charge is 0.0608 e. The topological polar surface area (TPSA) is 17.3 Å². The van der Waals surface area contributed by atoms with Crippen molar-refractivity contribution in [3.8, 4) is 0 Å². The van der Waals surface area contributed by atoms with Crippen LogP contribution in [0.5, 0.6) is 0 Å². The van der Waals surface area contributed by atoms with Crippen molar-refractivity contribution < 1.29 is 52.8 Å². The zero-order chi connectivity index (χ0) is 13.0. The zero-order valence-electron chi connectivity index (χ0n) is 12.8. The molecular weight excluding hydrogens is 525 g/mol. The van der Waals surface area contributed by atoms with Crippen LogP contribution in [-0.4, -0.2) is 9.38 Å². The van der Waals surface area contributed by atoms with Gasteiger partial charge in [0, 0.05) is 70.7 Å². The second-order valence-electron chi connectivity index (χ2n) is 5.00. The van der Waals surface area contributed by atoms with Crippen LogP contribution in [0.1, 0.15) is 11.1 Å². The molecule has 2 heterocycles. The first-order valence-corrected chi connectivity index (χ1v) is 6.43. The number of rotatable bonds is 0. The van der Waals surface area contributed by atoms with Gasteiger partial charge in [-0.3, -0.25) is 4.98 Å². The summed E-state index contributed by atoms with van der Waals surface area (Å²) in [6, 6.07) is 13.9. The fourth-order valence-electron chi connectivity index (χ4n) is 2.95. The third-order valence-electron chi connectivity index (χ3n) is 3.82. The van der Waals surface area contributed by atoms with Crippen molar-refractivity contribution in [1.29, 1.82) is 0 Å². The van der Waals surface area contributed by atoms with Gasteiger partial charge in [-0.1, -0.05) is 23.1 Å². The number of hydrogen-bond acceptors (Lipinski definition) is 1. The molecular formula is C18H16IrN2Y-2. The van der Waals surface area contributed by atoms with Crippen molar-refractivity contribution in [2.75, 3.05) is 0 Å². The number of nitrogens with zero attached hydrogens (tertiary/aromatic N) is 2. The summed E-state index contributed by atoms with van der Waals surface area (Å²) in [5.41, 5.74) is 4.80. The van der Waals surface area contributed by atoms with E-state index in [1.807, 2.05) is 24.5 Å². The average Bonchev–Trinajstić information content (AvgIpc) is 2.91. The molecule has 0 N–H and O–H groups in total. The van der Waals surface area contributed by atoms with E-state index in [-0.39, 0.29) is 60.2 Å². The molecule has 0 saturated carbocycles. The van der Waals surface area contributed by atoms with Crippen molar-refractivity contribution in [3.05, 3.63) is 67.3 Å². The Balaban J connectivity index is 0.000000807. The van der Waals surface area contributed by atoms with Crippen LogP contribution in [0.15, 0.2) is 42.7 Å². The van der Waals surface area contributed by atoms with Gasteiger partial charge in [-0.25, -0.2) is 0 Å². The minimum Gasteiger partial charge on any atom is -0.358 e. The molecule has 2 nitrogen and oxygen atoms in total. The number of pyridine rings is 1. The van der Waals surface area contributed by atoms with E-state index in [2.05, 4.69) is 47.5 Å². The molecule has 0 amide bonds. The molecule has 2 radical (unpaired) electrons. The first kappa shape index (κ1) is 19.4. The Morgan fingerprint density at radius 1 is 1.09 bits per heavy atom. The Morgan fingerprint density at radius 2 is 1.82 bits per heavy atom. The van der Waals surface area contributed by atoms with Gasteiger partial charge in [0.05, 0.1) is 5.65 Å². The van der Waals surface area contributed by atoms with Gasteiger partial charge in [-0.05, 0) is 24.8 Å². The van der Waals surface area contributed by atoms with Crippen LogP contribution in [0, 0.1) is 27.3 Å². The number of aromatic nitrogens is 2. The molecule has 0 fully saturated rings. The first-order chi connectivity index (χ1) is 9.27. The Labute approximate surface area is 169 Å². The van der Waals surface area contributed by atoms with Crippen LogP contribution in [0.2, 0.25) is 0 Å². The molecule has 0 aliphatic rings. The van der Waals surface area contributed by atoms with Crippen LogP contribution in [0.4, 0.5) is 0 Å². The number of benzene rings is 2. The van der Waals surface area contributed by atoms with Gasteiger partial charge >= 0.3 is 0 Å². The van der Waals surface area contributed by atoms with E-state index in [9.17, 15) is 0 Å². The molecule has 0 aliphatic heterocycles. The van der Waals surface area contributed by atoms with E-state index in [4.69, 9.17) is 0 Å². The molecule has 0 aliphatic carbocycles. The summed E-state index contributed by atoms with van der Waals surface area (Å²) in [5, 5.41) is 3.63. The van der Waals surface area contributed by atoms with E-state index < -0.39 is 0 Å². The van der Waals surface area contributed by atoms with Crippen molar-refractivity contribution in [2.24, 2.45) is 0 Å². The summed E-state index contributed by atoms with van der Waals surface area (Å²) in [7, 11) is 0. The molecule has 4 aromatic rings. The zero-order valence-corrected chi connectivity index (χ0v) is 18.1. The second kappa shape index (κ2) is 7.32. The van der Waals surface area contributed by atoms with Gasteiger partial charge in [0.2, 0.25) is 0 Å². The van der Waals surface area contributed by atoms with Gasteiger partial charge in [-0.2, -0.15) is 0 Å². The molecule has 0 spiro atoms. The van der Waals surface area contributed by atoms with Crippen LogP contribution >= 0.6 is 0 Å². The minimum absolute atomic E-state index is 0. The third kappa shape index (κ3) is 2.69. The van der Waals surface area contributed by atoms with E-state index in [0.29, 0.717) is 0 Å². The van der Waals surface area contributed by atoms with Crippen molar-refractivity contribution >= 4 is 27.3 Å². The fraction of sp³-hybridized carbons (Fsp3) is 0.111. The molecule has 2 aromatic heterocycles. The number of fused-ring (bicyclic) bond motifs is 6. The fourth-order valence-corrected chi connectivity index (χ4v) is 2.95. The number of aryl methyl sites for hydroxylation is 2. The van der Waals surface area contributed by atoms with Crippen molar-refractivity contribution in [1.82, 2.24) is 9.38 Å².